The summed E-state index contributed by atoms with van der Waals surface area (Å²) >= 11 is 0. The summed E-state index contributed by atoms with van der Waals surface area (Å²) in [6.45, 7) is -0.968. The molecule has 2 saturated heterocycles. The summed E-state index contributed by atoms with van der Waals surface area (Å²) in [7, 11) is 0. The number of nitrogens with one attached hydrogen (secondary N) is 2. The Labute approximate surface area is 290 Å². The Balaban J connectivity index is -0.000000125. The Hall–Kier alpha value is -3.93. The van der Waals surface area contributed by atoms with Crippen LogP contribution in [0.1, 0.15) is 12.5 Å². The molecule has 30 nitrogen and oxygen atoms in total. The number of ether oxygens (including phenoxy) is 2. The van der Waals surface area contributed by atoms with Crippen molar-refractivity contribution in [1.82, 2.24) is 39.0 Å². The maximum Gasteiger partial charge on any atom is 2.00 e. The summed E-state index contributed by atoms with van der Waals surface area (Å²) in [5.74, 6) is 0. The van der Waals surface area contributed by atoms with E-state index in [1.54, 1.807) is 0 Å². The van der Waals surface area contributed by atoms with E-state index in [-0.39, 0.29) is 93.6 Å². The van der Waals surface area contributed by atoms with E-state index >= 15 is 0 Å². The van der Waals surface area contributed by atoms with Crippen molar-refractivity contribution in [2.75, 3.05) is 13.2 Å². The molecule has 0 amide bonds. The number of nitrogens with zero attached hydrogens (tertiary/aromatic N) is 6. The minimum absolute atomic E-state index is 0. The number of aliphatic hydroxyl groups is 6. The number of aromatic amines is 2. The van der Waals surface area contributed by atoms with Crippen LogP contribution in [-0.2, 0) is 47.9 Å². The van der Waals surface area contributed by atoms with Gasteiger partial charge in [-0.3, -0.25) is 18.7 Å². The van der Waals surface area contributed by atoms with Crippen molar-refractivity contribution in [3.05, 3.63) is 33.4 Å². The van der Waals surface area contributed by atoms with Gasteiger partial charge in [-0.2, -0.15) is 0 Å². The summed E-state index contributed by atoms with van der Waals surface area (Å²) in [5, 5.41) is 79.7. The quantitative estimate of drug-likeness (QED) is 0.0701. The summed E-state index contributed by atoms with van der Waals surface area (Å²) in [6.07, 6.45) is -7.07. The third-order valence-corrected chi connectivity index (χ3v) is 6.40. The fourth-order valence-electron chi connectivity index (χ4n) is 4.40. The van der Waals surface area contributed by atoms with E-state index in [2.05, 4.69) is 19.9 Å². The molecule has 6 rings (SSSR count). The number of H-pyrrole nitrogens is 2. The molecule has 0 bridgehead atoms. The van der Waals surface area contributed by atoms with Crippen LogP contribution in [0.5, 0.6) is 12.0 Å². The number of aliphatic hydroxyl groups excluding tert-OH is 6. The van der Waals surface area contributed by atoms with Crippen LogP contribution in [0.25, 0.3) is 22.3 Å². The molecular weight excluding hydrogens is 763 g/mol. The van der Waals surface area contributed by atoms with Crippen molar-refractivity contribution in [2.45, 2.75) is 49.1 Å². The van der Waals surface area contributed by atoms with Crippen molar-refractivity contribution in [3.63, 3.8) is 0 Å². The van der Waals surface area contributed by atoms with Crippen molar-refractivity contribution in [2.24, 2.45) is 0 Å². The van der Waals surface area contributed by atoms with Crippen LogP contribution in [0.3, 0.4) is 0 Å². The smallest absolute Gasteiger partial charge is 0.846 e. The second kappa shape index (κ2) is 24.3. The average Bonchev–Trinajstić information content (AvgIpc) is 3.66. The molecule has 6 heterocycles. The molecule has 0 unspecified atom stereocenters. The first-order valence-corrected chi connectivity index (χ1v) is 11.6. The number of hydrogen-bond donors (Lipinski definition) is 8. The molecule has 2 aliphatic rings. The van der Waals surface area contributed by atoms with Crippen molar-refractivity contribution >= 4 is 22.3 Å². The van der Waals surface area contributed by atoms with Gasteiger partial charge in [-0.25, -0.2) is 19.9 Å². The van der Waals surface area contributed by atoms with Gasteiger partial charge in [0.05, 0.1) is 37.9 Å². The Morgan fingerprint density at radius 1 is 0.627 bits per heavy atom. The van der Waals surface area contributed by atoms with Gasteiger partial charge in [0.2, 0.25) is 0 Å². The molecular formula is C20H46N8NiO22+4. The molecule has 0 spiro atoms. The molecule has 0 saturated carbocycles. The Kier molecular flexibility index (Phi) is 29.6. The summed E-state index contributed by atoms with van der Waals surface area (Å²) in [4.78, 5) is 41.8. The summed E-state index contributed by atoms with van der Waals surface area (Å²) < 4.78 is 12.9. The normalized spacial score (nSPS) is 23.6. The largest absolute Gasteiger partial charge is 2.00 e. The summed E-state index contributed by atoms with van der Waals surface area (Å²) in [6, 6.07) is -1.70. The number of hydrogen-bond acceptors (Lipinski definition) is 16. The minimum atomic E-state index is -1.35. The predicted molar refractivity (Wildman–Crippen MR) is 162 cm³/mol. The van der Waals surface area contributed by atoms with Crippen LogP contribution in [0.2, 0.25) is 0 Å². The van der Waals surface area contributed by atoms with Crippen molar-refractivity contribution in [3.8, 4) is 12.0 Å². The molecule has 8 atom stereocenters. The number of imidazole rings is 2. The Bertz CT molecular complexity index is 1530. The molecule has 0 aliphatic carbocycles. The molecule has 51 heavy (non-hydrogen) atoms. The molecule has 4 aromatic heterocycles. The number of fused-ring (bicyclic) bond motifs is 2. The van der Waals surface area contributed by atoms with Gasteiger partial charge in [-0.15, -0.1) is 0 Å². The predicted octanol–water partition coefficient (Wildman–Crippen LogP) is -15.0. The van der Waals surface area contributed by atoms with Crippen molar-refractivity contribution < 1.29 is 122 Å². The van der Waals surface area contributed by atoms with Crippen LogP contribution in [0.4, 0.5) is 0 Å². The van der Waals surface area contributed by atoms with Gasteiger partial charge in [0.1, 0.15) is 36.6 Å². The molecule has 304 valence electrons. The van der Waals surface area contributed by atoms with E-state index < -0.39 is 85.4 Å². The average molecular weight is 809 g/mol. The zero-order chi connectivity index (χ0) is 28.9. The van der Waals surface area contributed by atoms with Gasteiger partial charge in [0, 0.05) is 0 Å². The topological polar surface area (TPSA) is 634 Å². The second-order valence-corrected chi connectivity index (χ2v) is 8.85. The molecule has 31 heteroatoms. The Morgan fingerprint density at radius 3 is 1.18 bits per heavy atom. The SMILES string of the molecule is O.O.O.O.O.O.O=c1[nH]c([O-])nc2c1ncn2[C@@H]1O[C@H](CO)[C@@H](O)[C@H]1O.O=c1[nH]c([O-])nc2c1ncn2[C@@H]1O[C@H](CO)[C@@H](O)[C@H]1O.[Ni+2].[OH3+].[OH3+].[OH3+].[OH3+]. The van der Waals surface area contributed by atoms with Crippen molar-refractivity contribution in [1.29, 1.82) is 0 Å². The van der Waals surface area contributed by atoms with Gasteiger partial charge in [0.25, 0.3) is 11.1 Å². The van der Waals surface area contributed by atoms with Crippen LogP contribution in [-0.4, -0.2) is 152 Å². The van der Waals surface area contributed by atoms with Gasteiger partial charge in [-0.1, -0.05) is 0 Å². The molecule has 4 aromatic rings. The fraction of sp³-hybridized carbons (Fsp3) is 0.500. The van der Waals surface area contributed by atoms with Crippen LogP contribution >= 0.6 is 0 Å². The van der Waals surface area contributed by atoms with Gasteiger partial charge < -0.3 is 115 Å². The first kappa shape index (κ1) is 62.2. The van der Waals surface area contributed by atoms with Crippen LogP contribution in [0.15, 0.2) is 22.2 Å². The Morgan fingerprint density at radius 2 is 0.922 bits per heavy atom. The maximum atomic E-state index is 11.5. The minimum Gasteiger partial charge on any atom is -0.846 e. The van der Waals surface area contributed by atoms with E-state index in [0.717, 1.165) is 0 Å². The first-order chi connectivity index (χ1) is 19.0. The van der Waals surface area contributed by atoms with Crippen LogP contribution < -0.4 is 21.3 Å². The molecule has 32 N–H and O–H groups in total. The molecule has 0 radical (unpaired) electrons. The molecule has 2 aliphatic heterocycles. The maximum absolute atomic E-state index is 11.5. The number of rotatable bonds is 4. The van der Waals surface area contributed by atoms with Gasteiger partial charge >= 0.3 is 16.5 Å². The molecule has 0 aromatic carbocycles. The van der Waals surface area contributed by atoms with E-state index in [1.165, 1.54) is 21.8 Å². The number of aromatic nitrogens is 8. The first-order valence-electron chi connectivity index (χ1n) is 11.6. The second-order valence-electron chi connectivity index (χ2n) is 8.85. The van der Waals surface area contributed by atoms with Crippen LogP contribution in [0, 0.1) is 0 Å². The summed E-state index contributed by atoms with van der Waals surface area (Å²) in [5.41, 5.74) is -1.69. The van der Waals surface area contributed by atoms with E-state index in [1.807, 2.05) is 9.97 Å². The third kappa shape index (κ3) is 11.0. The molecule has 2 fully saturated rings. The monoisotopic (exact) mass is 808 g/mol. The van der Waals surface area contributed by atoms with Gasteiger partial charge in [0.15, 0.2) is 34.8 Å². The third-order valence-electron chi connectivity index (χ3n) is 6.40. The van der Waals surface area contributed by atoms with Gasteiger partial charge in [-0.05, 0) is 0 Å². The standard InChI is InChI=1S/2C10H12N4O6.Ni.10H2O/c2*15-1-3-5(16)6(17)9(20-3)14-2-11-4-7(14)12-10(19)13-8(4)18;;;;;;;;;;;/h2*2-3,5-6,9,15-17H,1H2,(H2,12,13,18,19);;10*1H2/q;;+2;;;;;;;;;;/p+2/t2*3-,5-,6-,9-;;;;;;;;;;;/m11.........../s1. The van der Waals surface area contributed by atoms with E-state index in [4.69, 9.17) is 19.7 Å². The van der Waals surface area contributed by atoms with E-state index in [0.29, 0.717) is 0 Å². The van der Waals surface area contributed by atoms with E-state index in [9.17, 15) is 40.2 Å². The fourth-order valence-corrected chi connectivity index (χ4v) is 4.40. The zero-order valence-electron chi connectivity index (χ0n) is 25.6. The zero-order valence-corrected chi connectivity index (χ0v) is 26.6.